The summed E-state index contributed by atoms with van der Waals surface area (Å²) in [4.78, 5) is 20.0. The first-order valence-electron chi connectivity index (χ1n) is 11.6. The third-order valence-electron chi connectivity index (χ3n) is 6.17. The third kappa shape index (κ3) is 5.82. The highest BCUT2D eigenvalue weighted by atomic mass is 35.5. The van der Waals surface area contributed by atoms with Crippen LogP contribution in [0.5, 0.6) is 0 Å². The lowest BCUT2D eigenvalue weighted by atomic mass is 10.00. The minimum atomic E-state index is -0.189. The van der Waals surface area contributed by atoms with Gasteiger partial charge in [0.1, 0.15) is 5.82 Å². The molecule has 3 aromatic rings. The van der Waals surface area contributed by atoms with Crippen LogP contribution in [0.25, 0.3) is 10.9 Å². The van der Waals surface area contributed by atoms with Crippen LogP contribution in [0.4, 0.5) is 11.5 Å². The number of aliphatic hydroxyl groups is 1. The van der Waals surface area contributed by atoms with E-state index in [0.717, 1.165) is 54.8 Å². The predicted molar refractivity (Wildman–Crippen MR) is 135 cm³/mol. The van der Waals surface area contributed by atoms with Gasteiger partial charge in [0.2, 0.25) is 5.91 Å². The van der Waals surface area contributed by atoms with Gasteiger partial charge in [-0.3, -0.25) is 4.79 Å². The molecule has 1 aliphatic heterocycles. The number of nitrogens with zero attached hydrogens (tertiary/aromatic N) is 2. The Labute approximate surface area is 200 Å². The number of halogens is 1. The minimum Gasteiger partial charge on any atom is -0.396 e. The largest absolute Gasteiger partial charge is 0.396 e. The summed E-state index contributed by atoms with van der Waals surface area (Å²) in [5.41, 5.74) is 2.55. The van der Waals surface area contributed by atoms with Crippen LogP contribution in [0, 0.1) is 5.92 Å². The number of nitrogens with one attached hydrogen (secondary N) is 2. The monoisotopic (exact) mass is 466 g/mol. The molecule has 1 aliphatic rings. The summed E-state index contributed by atoms with van der Waals surface area (Å²) < 4.78 is 0. The Morgan fingerprint density at radius 1 is 1.21 bits per heavy atom. The van der Waals surface area contributed by atoms with E-state index in [1.165, 1.54) is 0 Å². The van der Waals surface area contributed by atoms with Gasteiger partial charge in [0.25, 0.3) is 0 Å². The van der Waals surface area contributed by atoms with Crippen molar-refractivity contribution in [1.29, 1.82) is 0 Å². The Bertz CT molecular complexity index is 1090. The number of aliphatic hydroxyl groups excluding tert-OH is 1. The molecule has 0 radical (unpaired) electrons. The molecule has 4 rings (SSSR count). The van der Waals surface area contributed by atoms with Crippen molar-refractivity contribution >= 4 is 39.9 Å². The van der Waals surface area contributed by atoms with Crippen molar-refractivity contribution in [3.05, 3.63) is 65.2 Å². The quantitative estimate of drug-likeness (QED) is 0.411. The molecule has 2 heterocycles. The second-order valence-electron chi connectivity index (χ2n) is 8.70. The Kier molecular flexibility index (Phi) is 7.81. The number of aromatic nitrogens is 1. The summed E-state index contributed by atoms with van der Waals surface area (Å²) >= 11 is 6.48. The lowest BCUT2D eigenvalue weighted by molar-refractivity contribution is -0.119. The van der Waals surface area contributed by atoms with E-state index >= 15 is 0 Å². The predicted octanol–water partition coefficient (Wildman–Crippen LogP) is 4.26. The zero-order valence-corrected chi connectivity index (χ0v) is 19.7. The van der Waals surface area contributed by atoms with Gasteiger partial charge in [0.15, 0.2) is 0 Å². The van der Waals surface area contributed by atoms with Gasteiger partial charge in [-0.05, 0) is 55.6 Å². The number of pyridine rings is 1. The average molecular weight is 467 g/mol. The van der Waals surface area contributed by atoms with Crippen molar-refractivity contribution in [2.75, 3.05) is 36.5 Å². The fourth-order valence-electron chi connectivity index (χ4n) is 4.30. The van der Waals surface area contributed by atoms with Crippen LogP contribution in [0.3, 0.4) is 0 Å². The first-order valence-corrected chi connectivity index (χ1v) is 12.0. The smallest absolute Gasteiger partial charge is 0.227 e. The number of hydrogen-bond acceptors (Lipinski definition) is 5. The van der Waals surface area contributed by atoms with Gasteiger partial charge in [-0.1, -0.05) is 48.9 Å². The molecule has 6 nitrogen and oxygen atoms in total. The molecule has 0 saturated carbocycles. The molecule has 1 fully saturated rings. The molecular weight excluding hydrogens is 436 g/mol. The van der Waals surface area contributed by atoms with Crippen LogP contribution < -0.4 is 15.5 Å². The molecule has 0 unspecified atom stereocenters. The molecule has 33 heavy (non-hydrogen) atoms. The highest BCUT2D eigenvalue weighted by Gasteiger charge is 2.23. The van der Waals surface area contributed by atoms with Crippen LogP contribution in [0.1, 0.15) is 25.3 Å². The molecule has 174 valence electrons. The van der Waals surface area contributed by atoms with E-state index in [1.807, 2.05) is 55.5 Å². The van der Waals surface area contributed by atoms with Crippen LogP contribution >= 0.6 is 11.6 Å². The van der Waals surface area contributed by atoms with Gasteiger partial charge in [0, 0.05) is 37.0 Å². The second kappa shape index (κ2) is 11.0. The fraction of sp³-hybridized carbons (Fsp3) is 0.385. The molecule has 2 atom stereocenters. The lowest BCUT2D eigenvalue weighted by Gasteiger charge is -2.19. The van der Waals surface area contributed by atoms with Gasteiger partial charge in [0.05, 0.1) is 16.2 Å². The molecular formula is C26H31ClN4O2. The number of carbonyl (C=O) groups is 1. The van der Waals surface area contributed by atoms with Crippen LogP contribution in [0.15, 0.2) is 54.6 Å². The molecule has 0 bridgehead atoms. The summed E-state index contributed by atoms with van der Waals surface area (Å²) in [7, 11) is 0. The topological polar surface area (TPSA) is 77.5 Å². The zero-order valence-electron chi connectivity index (χ0n) is 18.9. The van der Waals surface area contributed by atoms with Crippen molar-refractivity contribution in [2.24, 2.45) is 5.92 Å². The van der Waals surface area contributed by atoms with Crippen molar-refractivity contribution in [1.82, 2.24) is 10.3 Å². The highest BCUT2D eigenvalue weighted by molar-refractivity contribution is 6.35. The molecule has 7 heteroatoms. The van der Waals surface area contributed by atoms with E-state index in [4.69, 9.17) is 21.7 Å². The maximum Gasteiger partial charge on any atom is 0.227 e. The molecule has 2 aromatic carbocycles. The molecule has 1 saturated heterocycles. The summed E-state index contributed by atoms with van der Waals surface area (Å²) in [6, 6.07) is 18.1. The number of benzene rings is 2. The minimum absolute atomic E-state index is 0.0614. The van der Waals surface area contributed by atoms with Crippen molar-refractivity contribution < 1.29 is 9.90 Å². The van der Waals surface area contributed by atoms with Gasteiger partial charge < -0.3 is 20.6 Å². The second-order valence-corrected chi connectivity index (χ2v) is 9.11. The van der Waals surface area contributed by atoms with Gasteiger partial charge in [-0.2, -0.15) is 0 Å². The highest BCUT2D eigenvalue weighted by Crippen LogP contribution is 2.33. The Morgan fingerprint density at radius 3 is 2.82 bits per heavy atom. The van der Waals surface area contributed by atoms with Gasteiger partial charge >= 0.3 is 0 Å². The fourth-order valence-corrected chi connectivity index (χ4v) is 4.51. The Balaban J connectivity index is 1.47. The van der Waals surface area contributed by atoms with Crippen LogP contribution in [0.2, 0.25) is 5.02 Å². The van der Waals surface area contributed by atoms with E-state index in [1.54, 1.807) is 6.07 Å². The molecule has 1 aromatic heterocycles. The lowest BCUT2D eigenvalue weighted by Crippen LogP contribution is -2.33. The number of fused-ring (bicyclic) bond motifs is 1. The van der Waals surface area contributed by atoms with E-state index < -0.39 is 0 Å². The number of amides is 1. The molecule has 3 N–H and O–H groups in total. The SMILES string of the molecule is C[C@H](Cc1ccccc1)C(=O)Nc1c(Cl)ccc2nc(N3CC[C@H](NCCCO)C3)ccc12. The van der Waals surface area contributed by atoms with Crippen molar-refractivity contribution in [3.63, 3.8) is 0 Å². The maximum atomic E-state index is 12.9. The van der Waals surface area contributed by atoms with E-state index in [-0.39, 0.29) is 18.4 Å². The zero-order chi connectivity index (χ0) is 23.2. The number of rotatable bonds is 9. The van der Waals surface area contributed by atoms with Crippen molar-refractivity contribution in [3.8, 4) is 0 Å². The summed E-state index contributed by atoms with van der Waals surface area (Å²) in [5, 5.41) is 16.8. The first kappa shape index (κ1) is 23.5. The van der Waals surface area contributed by atoms with E-state index in [0.29, 0.717) is 23.2 Å². The summed E-state index contributed by atoms with van der Waals surface area (Å²) in [6.07, 6.45) is 2.48. The maximum absolute atomic E-state index is 12.9. The van der Waals surface area contributed by atoms with E-state index in [2.05, 4.69) is 15.5 Å². The Hall–Kier alpha value is -2.67. The van der Waals surface area contributed by atoms with Gasteiger partial charge in [-0.15, -0.1) is 0 Å². The van der Waals surface area contributed by atoms with E-state index in [9.17, 15) is 4.79 Å². The van der Waals surface area contributed by atoms with Crippen LogP contribution in [-0.2, 0) is 11.2 Å². The summed E-state index contributed by atoms with van der Waals surface area (Å²) in [6.45, 7) is 4.78. The number of carbonyl (C=O) groups excluding carboxylic acids is 1. The standard InChI is InChI=1S/C26H31ClN4O2/c1-18(16-19-6-3-2-4-7-19)26(33)30-25-21-8-11-24(29-23(21)10-9-22(25)27)31-14-12-20(17-31)28-13-5-15-32/h2-4,6-11,18,20,28,32H,5,12-17H2,1H3,(H,30,33)/t18-,20+/m1/s1. The van der Waals surface area contributed by atoms with Gasteiger partial charge in [-0.25, -0.2) is 4.98 Å². The summed E-state index contributed by atoms with van der Waals surface area (Å²) in [5.74, 6) is 0.672. The molecule has 1 amide bonds. The first-order chi connectivity index (χ1) is 16.0. The van der Waals surface area contributed by atoms with Crippen LogP contribution in [-0.4, -0.2) is 48.3 Å². The normalized spacial score (nSPS) is 16.8. The number of hydrogen-bond donors (Lipinski definition) is 3. The van der Waals surface area contributed by atoms with Crippen molar-refractivity contribution in [2.45, 2.75) is 32.2 Å². The third-order valence-corrected chi connectivity index (χ3v) is 6.48. The molecule has 0 aliphatic carbocycles. The number of anilines is 2. The average Bonchev–Trinajstić information content (AvgIpc) is 3.30. The molecule has 0 spiro atoms. The Morgan fingerprint density at radius 2 is 2.03 bits per heavy atom.